The number of rotatable bonds is 3. The van der Waals surface area contributed by atoms with Crippen molar-refractivity contribution >= 4 is 5.97 Å². The molecule has 0 aromatic heterocycles. The SMILES string of the molecule is CC(=O)O.CC(O)CC(C)(C)c1ccccc1. The Kier molecular flexibility index (Phi) is 6.51. The minimum absolute atomic E-state index is 0.0649. The van der Waals surface area contributed by atoms with Crippen LogP contribution >= 0.6 is 0 Å². The third kappa shape index (κ3) is 7.53. The van der Waals surface area contributed by atoms with Gasteiger partial charge in [0.25, 0.3) is 5.97 Å². The molecule has 0 radical (unpaired) electrons. The van der Waals surface area contributed by atoms with Gasteiger partial charge in [0, 0.05) is 6.92 Å². The minimum atomic E-state index is -0.833. The lowest BCUT2D eigenvalue weighted by atomic mass is 9.80. The van der Waals surface area contributed by atoms with Crippen LogP contribution in [0.4, 0.5) is 0 Å². The maximum absolute atomic E-state index is 9.35. The molecule has 0 heterocycles. The number of carboxylic acids is 1. The first-order valence-electron chi connectivity index (χ1n) is 5.69. The molecule has 0 bridgehead atoms. The Morgan fingerprint density at radius 3 is 2.06 bits per heavy atom. The monoisotopic (exact) mass is 238 g/mol. The van der Waals surface area contributed by atoms with Crippen LogP contribution in [-0.4, -0.2) is 22.3 Å². The summed E-state index contributed by atoms with van der Waals surface area (Å²) in [6, 6.07) is 10.3. The molecule has 0 amide bonds. The second-order valence-corrected chi connectivity index (χ2v) is 4.82. The average molecular weight is 238 g/mol. The molecule has 1 rings (SSSR count). The van der Waals surface area contributed by atoms with E-state index in [2.05, 4.69) is 26.0 Å². The van der Waals surface area contributed by atoms with Crippen LogP contribution in [0.1, 0.15) is 39.7 Å². The molecule has 3 heteroatoms. The molecule has 0 spiro atoms. The molecule has 17 heavy (non-hydrogen) atoms. The van der Waals surface area contributed by atoms with Crippen LogP contribution in [0.5, 0.6) is 0 Å². The molecule has 0 fully saturated rings. The molecule has 0 aliphatic heterocycles. The van der Waals surface area contributed by atoms with E-state index in [0.717, 1.165) is 13.3 Å². The summed E-state index contributed by atoms with van der Waals surface area (Å²) in [5.74, 6) is -0.833. The van der Waals surface area contributed by atoms with E-state index in [9.17, 15) is 5.11 Å². The Bertz CT molecular complexity index is 325. The lowest BCUT2D eigenvalue weighted by Crippen LogP contribution is -2.22. The summed E-state index contributed by atoms with van der Waals surface area (Å²) < 4.78 is 0. The summed E-state index contributed by atoms with van der Waals surface area (Å²) in [7, 11) is 0. The zero-order valence-electron chi connectivity index (χ0n) is 11.0. The van der Waals surface area contributed by atoms with E-state index in [1.54, 1.807) is 0 Å². The third-order valence-corrected chi connectivity index (χ3v) is 2.36. The van der Waals surface area contributed by atoms with E-state index in [0.29, 0.717) is 0 Å². The molecule has 3 nitrogen and oxygen atoms in total. The normalized spacial score (nSPS) is 12.3. The fourth-order valence-corrected chi connectivity index (χ4v) is 1.75. The number of carbonyl (C=O) groups is 1. The molecule has 0 saturated heterocycles. The van der Waals surface area contributed by atoms with Crippen molar-refractivity contribution in [1.29, 1.82) is 0 Å². The quantitative estimate of drug-likeness (QED) is 0.851. The van der Waals surface area contributed by atoms with Gasteiger partial charge in [0.2, 0.25) is 0 Å². The molecule has 2 N–H and O–H groups in total. The number of benzene rings is 1. The van der Waals surface area contributed by atoms with E-state index >= 15 is 0 Å². The van der Waals surface area contributed by atoms with Crippen LogP contribution in [0.25, 0.3) is 0 Å². The molecule has 1 aromatic rings. The standard InChI is InChI=1S/C12H18O.C2H4O2/c1-10(13)9-12(2,3)11-7-5-4-6-8-11;1-2(3)4/h4-8,10,13H,9H2,1-3H3;1H3,(H,3,4). The molecular weight excluding hydrogens is 216 g/mol. The van der Waals surface area contributed by atoms with Gasteiger partial charge in [-0.2, -0.15) is 0 Å². The summed E-state index contributed by atoms with van der Waals surface area (Å²) in [6.07, 6.45) is 0.562. The Morgan fingerprint density at radius 1 is 1.29 bits per heavy atom. The Morgan fingerprint density at radius 2 is 1.71 bits per heavy atom. The zero-order chi connectivity index (χ0) is 13.5. The number of hydrogen-bond donors (Lipinski definition) is 2. The molecule has 0 saturated carbocycles. The first kappa shape index (κ1) is 15.7. The van der Waals surface area contributed by atoms with Crippen LogP contribution in [0.3, 0.4) is 0 Å². The predicted molar refractivity (Wildman–Crippen MR) is 69.1 cm³/mol. The summed E-state index contributed by atoms with van der Waals surface area (Å²) >= 11 is 0. The van der Waals surface area contributed by atoms with Crippen LogP contribution in [-0.2, 0) is 10.2 Å². The average Bonchev–Trinajstić information content (AvgIpc) is 2.16. The van der Waals surface area contributed by atoms with Gasteiger partial charge in [-0.05, 0) is 24.3 Å². The summed E-state index contributed by atoms with van der Waals surface area (Å²) in [6.45, 7) is 7.24. The van der Waals surface area contributed by atoms with Gasteiger partial charge >= 0.3 is 0 Å². The highest BCUT2D eigenvalue weighted by atomic mass is 16.4. The first-order valence-corrected chi connectivity index (χ1v) is 5.69. The van der Waals surface area contributed by atoms with E-state index in [-0.39, 0.29) is 11.5 Å². The molecular formula is C14H22O3. The molecule has 1 unspecified atom stereocenters. The maximum Gasteiger partial charge on any atom is 0.300 e. The van der Waals surface area contributed by atoms with Crippen molar-refractivity contribution in [3.05, 3.63) is 35.9 Å². The van der Waals surface area contributed by atoms with Crippen molar-refractivity contribution in [2.24, 2.45) is 0 Å². The lowest BCUT2D eigenvalue weighted by molar-refractivity contribution is -0.134. The van der Waals surface area contributed by atoms with Gasteiger partial charge in [0.15, 0.2) is 0 Å². The van der Waals surface area contributed by atoms with E-state index in [4.69, 9.17) is 9.90 Å². The van der Waals surface area contributed by atoms with Gasteiger partial charge < -0.3 is 10.2 Å². The predicted octanol–water partition coefficient (Wildman–Crippen LogP) is 2.83. The van der Waals surface area contributed by atoms with E-state index < -0.39 is 5.97 Å². The molecule has 96 valence electrons. The highest BCUT2D eigenvalue weighted by molar-refractivity contribution is 5.62. The van der Waals surface area contributed by atoms with Gasteiger partial charge in [-0.25, -0.2) is 0 Å². The second-order valence-electron chi connectivity index (χ2n) is 4.82. The lowest BCUT2D eigenvalue weighted by Gasteiger charge is -2.26. The van der Waals surface area contributed by atoms with Crippen LogP contribution < -0.4 is 0 Å². The van der Waals surface area contributed by atoms with Crippen LogP contribution in [0, 0.1) is 0 Å². The fraction of sp³-hybridized carbons (Fsp3) is 0.500. The van der Waals surface area contributed by atoms with Gasteiger partial charge in [-0.3, -0.25) is 4.79 Å². The number of aliphatic carboxylic acids is 1. The third-order valence-electron chi connectivity index (χ3n) is 2.36. The van der Waals surface area contributed by atoms with E-state index in [1.165, 1.54) is 5.56 Å². The summed E-state index contributed by atoms with van der Waals surface area (Å²) in [5.41, 5.74) is 1.35. The van der Waals surface area contributed by atoms with Gasteiger partial charge in [0.05, 0.1) is 6.10 Å². The molecule has 0 aliphatic carbocycles. The van der Waals surface area contributed by atoms with Gasteiger partial charge in [0.1, 0.15) is 0 Å². The number of hydrogen-bond acceptors (Lipinski definition) is 2. The van der Waals surface area contributed by atoms with Crippen LogP contribution in [0.2, 0.25) is 0 Å². The van der Waals surface area contributed by atoms with Gasteiger partial charge in [-0.1, -0.05) is 44.2 Å². The number of carboxylic acid groups (broad SMARTS) is 1. The van der Waals surface area contributed by atoms with Crippen molar-refractivity contribution in [2.75, 3.05) is 0 Å². The fourth-order valence-electron chi connectivity index (χ4n) is 1.75. The Hall–Kier alpha value is -1.35. The summed E-state index contributed by atoms with van der Waals surface area (Å²) in [4.78, 5) is 9.00. The van der Waals surface area contributed by atoms with Crippen molar-refractivity contribution in [3.63, 3.8) is 0 Å². The van der Waals surface area contributed by atoms with Crippen molar-refractivity contribution in [3.8, 4) is 0 Å². The molecule has 1 atom stereocenters. The topological polar surface area (TPSA) is 57.5 Å². The number of aliphatic hydroxyl groups is 1. The maximum atomic E-state index is 9.35. The summed E-state index contributed by atoms with van der Waals surface area (Å²) in [5, 5.41) is 16.8. The highest BCUT2D eigenvalue weighted by Gasteiger charge is 2.21. The highest BCUT2D eigenvalue weighted by Crippen LogP contribution is 2.27. The van der Waals surface area contributed by atoms with Crippen molar-refractivity contribution < 1.29 is 15.0 Å². The van der Waals surface area contributed by atoms with Crippen molar-refractivity contribution in [2.45, 2.75) is 45.6 Å². The first-order chi connectivity index (χ1) is 7.75. The minimum Gasteiger partial charge on any atom is -0.481 e. The molecule has 1 aromatic carbocycles. The van der Waals surface area contributed by atoms with Crippen molar-refractivity contribution in [1.82, 2.24) is 0 Å². The molecule has 0 aliphatic rings. The number of aliphatic hydroxyl groups excluding tert-OH is 1. The van der Waals surface area contributed by atoms with Crippen LogP contribution in [0.15, 0.2) is 30.3 Å². The largest absolute Gasteiger partial charge is 0.481 e. The second kappa shape index (κ2) is 7.07. The zero-order valence-corrected chi connectivity index (χ0v) is 11.0. The Labute approximate surface area is 103 Å². The smallest absolute Gasteiger partial charge is 0.300 e. The Balaban J connectivity index is 0.000000557. The van der Waals surface area contributed by atoms with Gasteiger partial charge in [-0.15, -0.1) is 0 Å². The van der Waals surface area contributed by atoms with E-state index in [1.807, 2.05) is 25.1 Å².